The Kier molecular flexibility index (Phi) is 3.66. The molecule has 0 fully saturated rings. The highest BCUT2D eigenvalue weighted by Crippen LogP contribution is 2.33. The summed E-state index contributed by atoms with van der Waals surface area (Å²) in [6, 6.07) is 8.43. The summed E-state index contributed by atoms with van der Waals surface area (Å²) in [4.78, 5) is 15.2. The van der Waals surface area contributed by atoms with Crippen LogP contribution in [0.2, 0.25) is 0 Å². The maximum Gasteiger partial charge on any atom is 0.337 e. The zero-order valence-electron chi connectivity index (χ0n) is 10.5. The van der Waals surface area contributed by atoms with E-state index in [-0.39, 0.29) is 11.3 Å². The molecule has 0 spiro atoms. The number of para-hydroxylation sites is 1. The van der Waals surface area contributed by atoms with Crippen LogP contribution in [0.4, 0.5) is 5.69 Å². The largest absolute Gasteiger partial charge is 0.478 e. The Balaban J connectivity index is 2.59. The molecule has 0 aliphatic heterocycles. The summed E-state index contributed by atoms with van der Waals surface area (Å²) in [5.41, 5.74) is 7.50. The lowest BCUT2D eigenvalue weighted by atomic mass is 10.0. The number of benzene rings is 1. The summed E-state index contributed by atoms with van der Waals surface area (Å²) >= 11 is 0. The second-order valence-corrected chi connectivity index (χ2v) is 3.86. The van der Waals surface area contributed by atoms with E-state index in [2.05, 4.69) is 4.98 Å². The molecule has 3 N–H and O–H groups in total. The van der Waals surface area contributed by atoms with Gasteiger partial charge in [0.2, 0.25) is 5.88 Å². The summed E-state index contributed by atoms with van der Waals surface area (Å²) in [6.45, 7) is 2.33. The van der Waals surface area contributed by atoms with Crippen molar-refractivity contribution >= 4 is 11.7 Å². The van der Waals surface area contributed by atoms with Crippen LogP contribution in [-0.4, -0.2) is 22.7 Å². The Morgan fingerprint density at radius 1 is 1.32 bits per heavy atom. The minimum Gasteiger partial charge on any atom is -0.478 e. The van der Waals surface area contributed by atoms with E-state index < -0.39 is 5.97 Å². The average molecular weight is 258 g/mol. The lowest BCUT2D eigenvalue weighted by Crippen LogP contribution is -2.04. The van der Waals surface area contributed by atoms with Crippen LogP contribution in [0.3, 0.4) is 0 Å². The second-order valence-electron chi connectivity index (χ2n) is 3.86. The van der Waals surface area contributed by atoms with Gasteiger partial charge in [-0.15, -0.1) is 0 Å². The zero-order chi connectivity index (χ0) is 13.8. The number of anilines is 1. The summed E-state index contributed by atoms with van der Waals surface area (Å²) in [5.74, 6) is -0.611. The summed E-state index contributed by atoms with van der Waals surface area (Å²) < 4.78 is 5.43. The first-order chi connectivity index (χ1) is 9.15. The number of carboxylic acid groups (broad SMARTS) is 1. The third-order valence-electron chi connectivity index (χ3n) is 2.68. The normalized spacial score (nSPS) is 10.2. The van der Waals surface area contributed by atoms with Crippen molar-refractivity contribution in [3.8, 4) is 17.0 Å². The Labute approximate surface area is 110 Å². The number of pyridine rings is 1. The lowest BCUT2D eigenvalue weighted by molar-refractivity contribution is 0.0698. The lowest BCUT2D eigenvalue weighted by Gasteiger charge is -2.12. The fourth-order valence-corrected chi connectivity index (χ4v) is 1.83. The minimum absolute atomic E-state index is 0.0730. The van der Waals surface area contributed by atoms with Gasteiger partial charge in [-0.05, 0) is 25.1 Å². The Morgan fingerprint density at radius 2 is 2.05 bits per heavy atom. The first-order valence-corrected chi connectivity index (χ1v) is 5.85. The van der Waals surface area contributed by atoms with E-state index in [0.29, 0.717) is 23.6 Å². The molecule has 19 heavy (non-hydrogen) atoms. The SMILES string of the molecule is CCOc1ncccc1-c1cccc(C(=O)O)c1N. The Morgan fingerprint density at radius 3 is 2.74 bits per heavy atom. The van der Waals surface area contributed by atoms with Crippen LogP contribution >= 0.6 is 0 Å². The van der Waals surface area contributed by atoms with Gasteiger partial charge in [0, 0.05) is 17.3 Å². The van der Waals surface area contributed by atoms with Crippen LogP contribution in [0.15, 0.2) is 36.5 Å². The highest BCUT2D eigenvalue weighted by molar-refractivity contribution is 5.98. The molecule has 1 heterocycles. The van der Waals surface area contributed by atoms with Gasteiger partial charge in [0.15, 0.2) is 0 Å². The standard InChI is InChI=1S/C14H14N2O3/c1-2-19-13-10(7-4-8-16-13)9-5-3-6-11(12(9)15)14(17)18/h3-8H,2,15H2,1H3,(H,17,18). The van der Waals surface area contributed by atoms with Crippen LogP contribution in [-0.2, 0) is 0 Å². The van der Waals surface area contributed by atoms with E-state index in [1.165, 1.54) is 6.07 Å². The predicted octanol–water partition coefficient (Wildman–Crippen LogP) is 2.43. The number of carbonyl (C=O) groups is 1. The number of nitrogen functional groups attached to an aromatic ring is 1. The molecule has 1 aromatic carbocycles. The molecule has 98 valence electrons. The Bertz CT molecular complexity index is 611. The van der Waals surface area contributed by atoms with Gasteiger partial charge >= 0.3 is 5.97 Å². The van der Waals surface area contributed by atoms with E-state index >= 15 is 0 Å². The summed E-state index contributed by atoms with van der Waals surface area (Å²) in [6.07, 6.45) is 1.62. The van der Waals surface area contributed by atoms with E-state index in [0.717, 1.165) is 0 Å². The van der Waals surface area contributed by atoms with Crippen LogP contribution < -0.4 is 10.5 Å². The van der Waals surface area contributed by atoms with Gasteiger partial charge in [-0.25, -0.2) is 9.78 Å². The molecule has 0 amide bonds. The van der Waals surface area contributed by atoms with Crippen LogP contribution in [0.5, 0.6) is 5.88 Å². The number of carboxylic acids is 1. The molecule has 0 aliphatic carbocycles. The first kappa shape index (κ1) is 12.9. The van der Waals surface area contributed by atoms with Crippen molar-refractivity contribution in [1.29, 1.82) is 0 Å². The summed E-state index contributed by atoms with van der Waals surface area (Å²) in [7, 11) is 0. The third-order valence-corrected chi connectivity index (χ3v) is 2.68. The molecular formula is C14H14N2O3. The molecule has 1 aromatic heterocycles. The van der Waals surface area contributed by atoms with E-state index in [1.54, 1.807) is 30.5 Å². The number of ether oxygens (including phenoxy) is 1. The molecular weight excluding hydrogens is 244 g/mol. The molecule has 0 saturated carbocycles. The number of hydrogen-bond acceptors (Lipinski definition) is 4. The van der Waals surface area contributed by atoms with Crippen LogP contribution in [0.25, 0.3) is 11.1 Å². The van der Waals surface area contributed by atoms with Gasteiger partial charge in [0.1, 0.15) is 0 Å². The van der Waals surface area contributed by atoms with Gasteiger partial charge in [-0.3, -0.25) is 0 Å². The van der Waals surface area contributed by atoms with E-state index in [4.69, 9.17) is 15.6 Å². The van der Waals surface area contributed by atoms with Crippen molar-refractivity contribution in [3.63, 3.8) is 0 Å². The van der Waals surface area contributed by atoms with Gasteiger partial charge in [0.05, 0.1) is 17.9 Å². The van der Waals surface area contributed by atoms with E-state index in [9.17, 15) is 4.79 Å². The molecule has 5 nitrogen and oxygen atoms in total. The van der Waals surface area contributed by atoms with Crippen molar-refractivity contribution in [2.75, 3.05) is 12.3 Å². The fourth-order valence-electron chi connectivity index (χ4n) is 1.83. The maximum atomic E-state index is 11.1. The average Bonchev–Trinajstić information content (AvgIpc) is 2.40. The fraction of sp³-hybridized carbons (Fsp3) is 0.143. The first-order valence-electron chi connectivity index (χ1n) is 5.85. The van der Waals surface area contributed by atoms with Crippen LogP contribution in [0, 0.1) is 0 Å². The monoisotopic (exact) mass is 258 g/mol. The molecule has 5 heteroatoms. The molecule has 0 aliphatic rings. The Hall–Kier alpha value is -2.56. The molecule has 0 saturated heterocycles. The van der Waals surface area contributed by atoms with Gasteiger partial charge in [0.25, 0.3) is 0 Å². The molecule has 0 bridgehead atoms. The molecule has 0 radical (unpaired) electrons. The van der Waals surface area contributed by atoms with Gasteiger partial charge < -0.3 is 15.6 Å². The number of nitrogens with two attached hydrogens (primary N) is 1. The number of aromatic nitrogens is 1. The minimum atomic E-state index is -1.05. The third kappa shape index (κ3) is 2.49. The highest BCUT2D eigenvalue weighted by Gasteiger charge is 2.15. The predicted molar refractivity (Wildman–Crippen MR) is 72.2 cm³/mol. The summed E-state index contributed by atoms with van der Waals surface area (Å²) in [5, 5.41) is 9.08. The van der Waals surface area contributed by atoms with E-state index in [1.807, 2.05) is 6.92 Å². The highest BCUT2D eigenvalue weighted by atomic mass is 16.5. The molecule has 0 unspecified atom stereocenters. The van der Waals surface area contributed by atoms with Crippen molar-refractivity contribution in [1.82, 2.24) is 4.98 Å². The van der Waals surface area contributed by atoms with Crippen molar-refractivity contribution in [2.24, 2.45) is 0 Å². The van der Waals surface area contributed by atoms with Gasteiger partial charge in [-0.2, -0.15) is 0 Å². The van der Waals surface area contributed by atoms with Crippen molar-refractivity contribution in [3.05, 3.63) is 42.1 Å². The van der Waals surface area contributed by atoms with Gasteiger partial charge in [-0.1, -0.05) is 12.1 Å². The van der Waals surface area contributed by atoms with Crippen LogP contribution in [0.1, 0.15) is 17.3 Å². The smallest absolute Gasteiger partial charge is 0.337 e. The molecule has 0 atom stereocenters. The zero-order valence-corrected chi connectivity index (χ0v) is 10.5. The number of hydrogen-bond donors (Lipinski definition) is 2. The quantitative estimate of drug-likeness (QED) is 0.822. The maximum absolute atomic E-state index is 11.1. The number of aromatic carboxylic acids is 1. The molecule has 2 aromatic rings. The number of rotatable bonds is 4. The number of nitrogens with zero attached hydrogens (tertiary/aromatic N) is 1. The van der Waals surface area contributed by atoms with Crippen molar-refractivity contribution in [2.45, 2.75) is 6.92 Å². The van der Waals surface area contributed by atoms with Crippen molar-refractivity contribution < 1.29 is 14.6 Å². The molecule has 2 rings (SSSR count). The second kappa shape index (κ2) is 5.39. The topological polar surface area (TPSA) is 85.4 Å².